The first-order chi connectivity index (χ1) is 7.49. The highest BCUT2D eigenvalue weighted by atomic mass is 16.2. The molecule has 1 fully saturated rings. The van der Waals surface area contributed by atoms with Gasteiger partial charge in [0.25, 0.3) is 0 Å². The lowest BCUT2D eigenvalue weighted by Crippen LogP contribution is -2.46. The Morgan fingerprint density at radius 3 is 2.31 bits per heavy atom. The minimum absolute atomic E-state index is 0.0203. The van der Waals surface area contributed by atoms with Crippen molar-refractivity contribution in [1.29, 1.82) is 0 Å². The molecule has 0 spiro atoms. The molecule has 0 aliphatic carbocycles. The van der Waals surface area contributed by atoms with E-state index in [2.05, 4.69) is 19.2 Å². The van der Waals surface area contributed by atoms with E-state index in [1.807, 2.05) is 4.90 Å². The molecule has 1 aliphatic rings. The van der Waals surface area contributed by atoms with Crippen molar-refractivity contribution in [2.24, 2.45) is 5.92 Å². The van der Waals surface area contributed by atoms with Gasteiger partial charge in [0.05, 0.1) is 0 Å². The molecule has 4 nitrogen and oxygen atoms in total. The number of piperidine rings is 1. The SMILES string of the molecule is CC(=O)NC1CCN(C(=O)CC(C)C)CC1. The summed E-state index contributed by atoms with van der Waals surface area (Å²) >= 11 is 0. The van der Waals surface area contributed by atoms with Crippen molar-refractivity contribution >= 4 is 11.8 Å². The monoisotopic (exact) mass is 226 g/mol. The summed E-state index contributed by atoms with van der Waals surface area (Å²) in [5.41, 5.74) is 0. The zero-order chi connectivity index (χ0) is 12.1. The van der Waals surface area contributed by atoms with Crippen LogP contribution < -0.4 is 5.32 Å². The molecule has 92 valence electrons. The summed E-state index contributed by atoms with van der Waals surface area (Å²) in [5, 5.41) is 2.91. The molecule has 16 heavy (non-hydrogen) atoms. The minimum Gasteiger partial charge on any atom is -0.353 e. The molecule has 0 bridgehead atoms. The van der Waals surface area contributed by atoms with Gasteiger partial charge >= 0.3 is 0 Å². The van der Waals surface area contributed by atoms with Crippen molar-refractivity contribution < 1.29 is 9.59 Å². The van der Waals surface area contributed by atoms with E-state index in [1.165, 1.54) is 6.92 Å². The first-order valence-corrected chi connectivity index (χ1v) is 6.04. The van der Waals surface area contributed by atoms with Crippen LogP contribution in [0.15, 0.2) is 0 Å². The van der Waals surface area contributed by atoms with Crippen LogP contribution in [0, 0.1) is 5.92 Å². The van der Waals surface area contributed by atoms with Gasteiger partial charge in [0.15, 0.2) is 0 Å². The van der Waals surface area contributed by atoms with E-state index >= 15 is 0 Å². The molecule has 1 heterocycles. The Balaban J connectivity index is 2.31. The van der Waals surface area contributed by atoms with Gasteiger partial charge in [0.1, 0.15) is 0 Å². The van der Waals surface area contributed by atoms with Crippen molar-refractivity contribution in [3.05, 3.63) is 0 Å². The topological polar surface area (TPSA) is 49.4 Å². The Morgan fingerprint density at radius 1 is 1.31 bits per heavy atom. The molecule has 0 radical (unpaired) electrons. The van der Waals surface area contributed by atoms with Crippen LogP contribution in [-0.2, 0) is 9.59 Å². The summed E-state index contributed by atoms with van der Waals surface area (Å²) in [5.74, 6) is 0.684. The van der Waals surface area contributed by atoms with Crippen LogP contribution >= 0.6 is 0 Å². The lowest BCUT2D eigenvalue weighted by atomic mass is 10.0. The van der Waals surface area contributed by atoms with Gasteiger partial charge in [-0.05, 0) is 18.8 Å². The number of likely N-dealkylation sites (tertiary alicyclic amines) is 1. The molecule has 1 N–H and O–H groups in total. The van der Waals surface area contributed by atoms with Crippen LogP contribution in [0.2, 0.25) is 0 Å². The van der Waals surface area contributed by atoms with E-state index in [4.69, 9.17) is 0 Å². The predicted octanol–water partition coefficient (Wildman–Crippen LogP) is 1.16. The average molecular weight is 226 g/mol. The molecule has 1 aliphatic heterocycles. The van der Waals surface area contributed by atoms with Gasteiger partial charge in [0, 0.05) is 32.5 Å². The molecule has 0 atom stereocenters. The summed E-state index contributed by atoms with van der Waals surface area (Å²) in [7, 11) is 0. The van der Waals surface area contributed by atoms with Crippen molar-refractivity contribution in [1.82, 2.24) is 10.2 Å². The maximum atomic E-state index is 11.8. The maximum absolute atomic E-state index is 11.8. The van der Waals surface area contributed by atoms with E-state index in [9.17, 15) is 9.59 Å². The molecular formula is C12H22N2O2. The smallest absolute Gasteiger partial charge is 0.222 e. The van der Waals surface area contributed by atoms with E-state index < -0.39 is 0 Å². The highest BCUT2D eigenvalue weighted by molar-refractivity contribution is 5.76. The molecule has 1 saturated heterocycles. The Labute approximate surface area is 97.4 Å². The second-order valence-electron chi connectivity index (χ2n) is 4.95. The second kappa shape index (κ2) is 5.87. The molecule has 2 amide bonds. The third kappa shape index (κ3) is 4.21. The fourth-order valence-corrected chi connectivity index (χ4v) is 2.04. The van der Waals surface area contributed by atoms with Crippen LogP contribution in [0.3, 0.4) is 0 Å². The zero-order valence-corrected chi connectivity index (χ0v) is 10.5. The number of nitrogens with zero attached hydrogens (tertiary/aromatic N) is 1. The summed E-state index contributed by atoms with van der Waals surface area (Å²) in [6.45, 7) is 7.20. The van der Waals surface area contributed by atoms with Gasteiger partial charge in [-0.3, -0.25) is 9.59 Å². The number of nitrogens with one attached hydrogen (secondary N) is 1. The van der Waals surface area contributed by atoms with Gasteiger partial charge in [-0.15, -0.1) is 0 Å². The number of carbonyl (C=O) groups excluding carboxylic acids is 2. The van der Waals surface area contributed by atoms with Crippen LogP contribution in [0.25, 0.3) is 0 Å². The van der Waals surface area contributed by atoms with E-state index in [-0.39, 0.29) is 17.9 Å². The van der Waals surface area contributed by atoms with Gasteiger partial charge < -0.3 is 10.2 Å². The number of hydrogen-bond donors (Lipinski definition) is 1. The van der Waals surface area contributed by atoms with Crippen molar-refractivity contribution in [2.75, 3.05) is 13.1 Å². The highest BCUT2D eigenvalue weighted by Gasteiger charge is 2.23. The van der Waals surface area contributed by atoms with Crippen molar-refractivity contribution in [2.45, 2.75) is 46.1 Å². The van der Waals surface area contributed by atoms with Crippen LogP contribution in [-0.4, -0.2) is 35.8 Å². The third-order valence-corrected chi connectivity index (χ3v) is 2.84. The molecule has 0 aromatic heterocycles. The first kappa shape index (κ1) is 13.0. The molecular weight excluding hydrogens is 204 g/mol. The van der Waals surface area contributed by atoms with E-state index in [0.717, 1.165) is 25.9 Å². The number of hydrogen-bond acceptors (Lipinski definition) is 2. The zero-order valence-electron chi connectivity index (χ0n) is 10.5. The first-order valence-electron chi connectivity index (χ1n) is 6.04. The van der Waals surface area contributed by atoms with Crippen LogP contribution in [0.4, 0.5) is 0 Å². The summed E-state index contributed by atoms with van der Waals surface area (Å²) in [6.07, 6.45) is 2.39. The van der Waals surface area contributed by atoms with Crippen LogP contribution in [0.1, 0.15) is 40.0 Å². The standard InChI is InChI=1S/C12H22N2O2/c1-9(2)8-12(16)14-6-4-11(5-7-14)13-10(3)15/h9,11H,4-8H2,1-3H3,(H,13,15). The number of rotatable bonds is 3. The van der Waals surface area contributed by atoms with Gasteiger partial charge in [0.2, 0.25) is 11.8 Å². The van der Waals surface area contributed by atoms with Crippen molar-refractivity contribution in [3.63, 3.8) is 0 Å². The summed E-state index contributed by atoms with van der Waals surface area (Å²) < 4.78 is 0. The maximum Gasteiger partial charge on any atom is 0.222 e. The highest BCUT2D eigenvalue weighted by Crippen LogP contribution is 2.13. The molecule has 4 heteroatoms. The van der Waals surface area contributed by atoms with Crippen LogP contribution in [0.5, 0.6) is 0 Å². The molecule has 0 aromatic rings. The Morgan fingerprint density at radius 2 is 1.88 bits per heavy atom. The Hall–Kier alpha value is -1.06. The minimum atomic E-state index is 0.0203. The fraction of sp³-hybridized carbons (Fsp3) is 0.833. The molecule has 0 aromatic carbocycles. The Kier molecular flexibility index (Phi) is 4.77. The largest absolute Gasteiger partial charge is 0.353 e. The summed E-state index contributed by atoms with van der Waals surface area (Å²) in [6, 6.07) is 0.251. The molecule has 0 saturated carbocycles. The second-order valence-corrected chi connectivity index (χ2v) is 4.95. The van der Waals surface area contributed by atoms with E-state index in [0.29, 0.717) is 12.3 Å². The lowest BCUT2D eigenvalue weighted by molar-refractivity contribution is -0.133. The van der Waals surface area contributed by atoms with Gasteiger partial charge in [-0.2, -0.15) is 0 Å². The number of carbonyl (C=O) groups is 2. The van der Waals surface area contributed by atoms with Gasteiger partial charge in [-0.1, -0.05) is 13.8 Å². The molecule has 1 rings (SSSR count). The Bertz CT molecular complexity index is 256. The predicted molar refractivity (Wildman–Crippen MR) is 62.9 cm³/mol. The van der Waals surface area contributed by atoms with Gasteiger partial charge in [-0.25, -0.2) is 0 Å². The normalized spacial score (nSPS) is 17.6. The molecule has 0 unspecified atom stereocenters. The third-order valence-electron chi connectivity index (χ3n) is 2.84. The van der Waals surface area contributed by atoms with E-state index in [1.54, 1.807) is 0 Å². The summed E-state index contributed by atoms with van der Waals surface area (Å²) in [4.78, 5) is 24.6. The number of amides is 2. The fourth-order valence-electron chi connectivity index (χ4n) is 2.04. The van der Waals surface area contributed by atoms with Crippen molar-refractivity contribution in [3.8, 4) is 0 Å². The quantitative estimate of drug-likeness (QED) is 0.785. The lowest BCUT2D eigenvalue weighted by Gasteiger charge is -2.32. The average Bonchev–Trinajstić information content (AvgIpc) is 2.16.